The van der Waals surface area contributed by atoms with Gasteiger partial charge in [0.05, 0.1) is 17.9 Å². The third-order valence-electron chi connectivity index (χ3n) is 4.81. The second-order valence-electron chi connectivity index (χ2n) is 7.00. The van der Waals surface area contributed by atoms with Crippen molar-refractivity contribution in [1.82, 2.24) is 14.7 Å². The van der Waals surface area contributed by atoms with E-state index in [1.165, 1.54) is 11.8 Å². The highest BCUT2D eigenvalue weighted by Gasteiger charge is 2.22. The van der Waals surface area contributed by atoms with E-state index >= 15 is 0 Å². The highest BCUT2D eigenvalue weighted by Crippen LogP contribution is 2.20. The van der Waals surface area contributed by atoms with Gasteiger partial charge in [-0.25, -0.2) is 8.78 Å². The Bertz CT molecular complexity index is 782. The van der Waals surface area contributed by atoms with Gasteiger partial charge in [0.2, 0.25) is 5.91 Å². The van der Waals surface area contributed by atoms with Crippen molar-refractivity contribution in [1.29, 1.82) is 0 Å². The Labute approximate surface area is 152 Å². The standard InChI is InChI=1S/C19H24F2N4O/c1-13-9-14(2)25(23-13)11-15-5-7-24(8-6-15)12-19(26)22-18-4-3-16(20)10-17(18)21/h3-4,9-10,15H,5-8,11-12H2,1-2H3,(H,22,26). The van der Waals surface area contributed by atoms with E-state index in [4.69, 9.17) is 0 Å². The molecule has 1 aromatic heterocycles. The van der Waals surface area contributed by atoms with Crippen molar-refractivity contribution in [2.45, 2.75) is 33.2 Å². The highest BCUT2D eigenvalue weighted by molar-refractivity contribution is 5.92. The van der Waals surface area contributed by atoms with Crippen LogP contribution in [-0.2, 0) is 11.3 Å². The summed E-state index contributed by atoms with van der Waals surface area (Å²) in [6, 6.07) is 5.21. The highest BCUT2D eigenvalue weighted by atomic mass is 19.1. The minimum atomic E-state index is -0.762. The first-order chi connectivity index (χ1) is 12.4. The Hall–Kier alpha value is -2.28. The lowest BCUT2D eigenvalue weighted by atomic mass is 9.97. The Kier molecular flexibility index (Phi) is 5.66. The molecule has 0 atom stereocenters. The van der Waals surface area contributed by atoms with E-state index < -0.39 is 11.6 Å². The summed E-state index contributed by atoms with van der Waals surface area (Å²) in [6.45, 7) is 6.82. The second-order valence-corrected chi connectivity index (χ2v) is 7.00. The third-order valence-corrected chi connectivity index (χ3v) is 4.81. The second kappa shape index (κ2) is 7.95. The van der Waals surface area contributed by atoms with E-state index in [9.17, 15) is 13.6 Å². The quantitative estimate of drug-likeness (QED) is 0.889. The number of likely N-dealkylation sites (tertiary alicyclic amines) is 1. The minimum Gasteiger partial charge on any atom is -0.322 e. The number of piperidine rings is 1. The maximum absolute atomic E-state index is 13.6. The lowest BCUT2D eigenvalue weighted by Crippen LogP contribution is -2.40. The van der Waals surface area contributed by atoms with Gasteiger partial charge >= 0.3 is 0 Å². The molecular weight excluding hydrogens is 338 g/mol. The molecule has 1 aromatic carbocycles. The number of aromatic nitrogens is 2. The zero-order chi connectivity index (χ0) is 18.7. The lowest BCUT2D eigenvalue weighted by Gasteiger charge is -2.31. The minimum absolute atomic E-state index is 0.0100. The molecule has 0 aliphatic carbocycles. The molecule has 1 fully saturated rings. The number of amides is 1. The number of hydrogen-bond donors (Lipinski definition) is 1. The number of nitrogens with zero attached hydrogens (tertiary/aromatic N) is 3. The summed E-state index contributed by atoms with van der Waals surface area (Å²) in [5.74, 6) is -1.17. The maximum atomic E-state index is 13.6. The molecule has 1 N–H and O–H groups in total. The van der Waals surface area contributed by atoms with Gasteiger partial charge in [-0.15, -0.1) is 0 Å². The molecule has 0 radical (unpaired) electrons. The number of halogens is 2. The lowest BCUT2D eigenvalue weighted by molar-refractivity contribution is -0.117. The monoisotopic (exact) mass is 362 g/mol. The molecule has 0 spiro atoms. The van der Waals surface area contributed by atoms with Crippen LogP contribution in [0.3, 0.4) is 0 Å². The largest absolute Gasteiger partial charge is 0.322 e. The summed E-state index contributed by atoms with van der Waals surface area (Å²) < 4.78 is 28.6. The zero-order valence-electron chi connectivity index (χ0n) is 15.1. The first kappa shape index (κ1) is 18.5. The van der Waals surface area contributed by atoms with E-state index in [0.29, 0.717) is 5.92 Å². The molecule has 7 heteroatoms. The third kappa shape index (κ3) is 4.66. The number of hydrogen-bond acceptors (Lipinski definition) is 3. The van der Waals surface area contributed by atoms with Gasteiger partial charge in [-0.1, -0.05) is 0 Å². The van der Waals surface area contributed by atoms with Gasteiger partial charge < -0.3 is 5.32 Å². The Morgan fingerprint density at radius 2 is 1.96 bits per heavy atom. The van der Waals surface area contributed by atoms with Crippen molar-refractivity contribution in [3.05, 3.63) is 47.3 Å². The Balaban J connectivity index is 1.46. The number of benzene rings is 1. The number of anilines is 1. The number of carbonyl (C=O) groups is 1. The van der Waals surface area contributed by atoms with Gasteiger partial charge in [0.1, 0.15) is 11.6 Å². The molecule has 1 saturated heterocycles. The average molecular weight is 362 g/mol. The van der Waals surface area contributed by atoms with Crippen molar-refractivity contribution in [2.75, 3.05) is 25.0 Å². The van der Waals surface area contributed by atoms with Crippen molar-refractivity contribution in [3.8, 4) is 0 Å². The predicted molar refractivity (Wildman–Crippen MR) is 95.9 cm³/mol. The molecule has 0 unspecified atom stereocenters. The van der Waals surface area contributed by atoms with E-state index in [0.717, 1.165) is 50.3 Å². The summed E-state index contributed by atoms with van der Waals surface area (Å²) in [6.07, 6.45) is 1.99. The molecule has 2 heterocycles. The predicted octanol–water partition coefficient (Wildman–Crippen LogP) is 3.13. The van der Waals surface area contributed by atoms with Gasteiger partial charge in [-0.05, 0) is 63.9 Å². The van der Waals surface area contributed by atoms with Crippen LogP contribution >= 0.6 is 0 Å². The van der Waals surface area contributed by atoms with Crippen molar-refractivity contribution in [2.24, 2.45) is 5.92 Å². The van der Waals surface area contributed by atoms with Crippen LogP contribution in [0.5, 0.6) is 0 Å². The molecule has 5 nitrogen and oxygen atoms in total. The molecular formula is C19H24F2N4O. The van der Waals surface area contributed by atoms with Crippen molar-refractivity contribution in [3.63, 3.8) is 0 Å². The molecule has 1 aliphatic heterocycles. The fourth-order valence-electron chi connectivity index (χ4n) is 3.42. The topological polar surface area (TPSA) is 50.2 Å². The van der Waals surface area contributed by atoms with E-state index in [1.807, 2.05) is 6.92 Å². The summed E-state index contributed by atoms with van der Waals surface area (Å²) in [5.41, 5.74) is 2.21. The van der Waals surface area contributed by atoms with E-state index in [1.54, 1.807) is 0 Å². The van der Waals surface area contributed by atoms with E-state index in [-0.39, 0.29) is 18.1 Å². The molecule has 26 heavy (non-hydrogen) atoms. The molecule has 0 bridgehead atoms. The van der Waals surface area contributed by atoms with Gasteiger partial charge in [-0.3, -0.25) is 14.4 Å². The van der Waals surface area contributed by atoms with Crippen LogP contribution in [0.25, 0.3) is 0 Å². The van der Waals surface area contributed by atoms with Crippen LogP contribution in [0, 0.1) is 31.4 Å². The number of aryl methyl sites for hydroxylation is 2. The first-order valence-electron chi connectivity index (χ1n) is 8.89. The maximum Gasteiger partial charge on any atom is 0.238 e. The molecule has 1 aliphatic rings. The van der Waals surface area contributed by atoms with Gasteiger partial charge in [0, 0.05) is 18.3 Å². The smallest absolute Gasteiger partial charge is 0.238 e. The fraction of sp³-hybridized carbons (Fsp3) is 0.474. The van der Waals surface area contributed by atoms with E-state index in [2.05, 4.69) is 33.0 Å². The zero-order valence-corrected chi connectivity index (χ0v) is 15.1. The molecule has 0 saturated carbocycles. The SMILES string of the molecule is Cc1cc(C)n(CC2CCN(CC(=O)Nc3ccc(F)cc3F)CC2)n1. The number of carbonyl (C=O) groups excluding carboxylic acids is 1. The summed E-state index contributed by atoms with van der Waals surface area (Å²) in [4.78, 5) is 14.2. The molecule has 140 valence electrons. The van der Waals surface area contributed by atoms with Gasteiger partial charge in [-0.2, -0.15) is 5.10 Å². The number of nitrogens with one attached hydrogen (secondary N) is 1. The Morgan fingerprint density at radius 1 is 1.23 bits per heavy atom. The summed E-state index contributed by atoms with van der Waals surface area (Å²) in [5, 5.41) is 7.02. The summed E-state index contributed by atoms with van der Waals surface area (Å²) in [7, 11) is 0. The van der Waals surface area contributed by atoms with Crippen molar-refractivity contribution < 1.29 is 13.6 Å². The van der Waals surface area contributed by atoms with Crippen LogP contribution in [0.4, 0.5) is 14.5 Å². The van der Waals surface area contributed by atoms with Crippen LogP contribution in [0.1, 0.15) is 24.2 Å². The summed E-state index contributed by atoms with van der Waals surface area (Å²) >= 11 is 0. The molecule has 2 aromatic rings. The fourth-order valence-corrected chi connectivity index (χ4v) is 3.42. The first-order valence-corrected chi connectivity index (χ1v) is 8.89. The van der Waals surface area contributed by atoms with Crippen LogP contribution in [0.2, 0.25) is 0 Å². The van der Waals surface area contributed by atoms with Crippen molar-refractivity contribution >= 4 is 11.6 Å². The van der Waals surface area contributed by atoms with Crippen LogP contribution < -0.4 is 5.32 Å². The van der Waals surface area contributed by atoms with Crippen LogP contribution in [0.15, 0.2) is 24.3 Å². The molecule has 1 amide bonds. The van der Waals surface area contributed by atoms with Gasteiger partial charge in [0.25, 0.3) is 0 Å². The number of rotatable bonds is 5. The van der Waals surface area contributed by atoms with Crippen LogP contribution in [-0.4, -0.2) is 40.2 Å². The van der Waals surface area contributed by atoms with Gasteiger partial charge in [0.15, 0.2) is 0 Å². The Morgan fingerprint density at radius 3 is 2.58 bits per heavy atom. The molecule has 3 rings (SSSR count). The normalized spacial score (nSPS) is 16.0. The average Bonchev–Trinajstić information content (AvgIpc) is 2.89.